The van der Waals surface area contributed by atoms with Crippen LogP contribution < -0.4 is 11.3 Å². The molecule has 1 heterocycles. The summed E-state index contributed by atoms with van der Waals surface area (Å²) in [5.41, 5.74) is 2.59. The van der Waals surface area contributed by atoms with E-state index in [0.29, 0.717) is 6.41 Å². The van der Waals surface area contributed by atoms with Crippen LogP contribution in [-0.4, -0.2) is 11.4 Å². The van der Waals surface area contributed by atoms with Crippen LogP contribution in [0.25, 0.3) is 0 Å². The molecule has 0 bridgehead atoms. The molecule has 3 N–H and O–H groups in total. The Morgan fingerprint density at radius 2 is 2.25 bits per heavy atom. The Morgan fingerprint density at radius 3 is 2.50 bits per heavy atom. The van der Waals surface area contributed by atoms with Gasteiger partial charge in [-0.2, -0.15) is 0 Å². The van der Waals surface area contributed by atoms with Gasteiger partial charge in [0.25, 0.3) is 0 Å². The average molecular weight is 171 g/mol. The summed E-state index contributed by atoms with van der Waals surface area (Å²) in [4.78, 5) is 12.6. The molecule has 0 aliphatic carbocycles. The Kier molecular flexibility index (Phi) is 5.46. The van der Waals surface area contributed by atoms with Crippen molar-refractivity contribution in [2.45, 2.75) is 6.92 Å². The summed E-state index contributed by atoms with van der Waals surface area (Å²) in [6.45, 7) is 1.82. The maximum absolute atomic E-state index is 12.0. The highest BCUT2D eigenvalue weighted by Gasteiger charge is 1.84. The number of halogens is 1. The number of amides is 1. The van der Waals surface area contributed by atoms with E-state index in [9.17, 15) is 4.39 Å². The minimum Gasteiger partial charge on any atom is -0.297 e. The van der Waals surface area contributed by atoms with Gasteiger partial charge in [-0.25, -0.2) is 10.2 Å². The maximum Gasteiger partial charge on any atom is 0.221 e. The highest BCUT2D eigenvalue weighted by molar-refractivity contribution is 5.44. The first kappa shape index (κ1) is 10.5. The van der Waals surface area contributed by atoms with Crippen LogP contribution in [0.15, 0.2) is 18.3 Å². The molecule has 12 heavy (non-hydrogen) atoms. The molecule has 1 amide bonds. The van der Waals surface area contributed by atoms with E-state index in [2.05, 4.69) is 10.8 Å². The van der Waals surface area contributed by atoms with Gasteiger partial charge in [0.15, 0.2) is 0 Å². The number of hydrogen-bond donors (Lipinski definition) is 2. The second-order valence-electron chi connectivity index (χ2n) is 1.90. The van der Waals surface area contributed by atoms with Crippen molar-refractivity contribution in [3.63, 3.8) is 0 Å². The molecule has 1 aromatic heterocycles. The minimum atomic E-state index is -0.282. The number of aromatic nitrogens is 1. The smallest absolute Gasteiger partial charge is 0.221 e. The quantitative estimate of drug-likeness (QED) is 0.273. The first-order valence-corrected chi connectivity index (χ1v) is 3.18. The number of nitrogens with zero attached hydrogens (tertiary/aromatic N) is 1. The van der Waals surface area contributed by atoms with Crippen molar-refractivity contribution < 1.29 is 9.18 Å². The van der Waals surface area contributed by atoms with Gasteiger partial charge >= 0.3 is 0 Å². The third-order valence-electron chi connectivity index (χ3n) is 0.943. The molecule has 0 atom stereocenters. The van der Waals surface area contributed by atoms with Crippen molar-refractivity contribution in [1.29, 1.82) is 0 Å². The van der Waals surface area contributed by atoms with Crippen molar-refractivity contribution in [2.24, 2.45) is 5.84 Å². The number of pyridine rings is 1. The molecular formula is C7H10FN3O. The molecule has 1 aromatic rings. The Labute approximate surface area is 69.6 Å². The number of nitrogens with one attached hydrogen (secondary N) is 1. The zero-order valence-corrected chi connectivity index (χ0v) is 6.62. The van der Waals surface area contributed by atoms with E-state index in [1.54, 1.807) is 11.5 Å². The highest BCUT2D eigenvalue weighted by atomic mass is 19.1. The maximum atomic E-state index is 12.0. The molecule has 0 aliphatic rings. The van der Waals surface area contributed by atoms with Gasteiger partial charge in [-0.3, -0.25) is 15.2 Å². The van der Waals surface area contributed by atoms with Crippen molar-refractivity contribution in [3.05, 3.63) is 29.8 Å². The van der Waals surface area contributed by atoms with Crippen LogP contribution in [0, 0.1) is 12.7 Å². The molecular weight excluding hydrogens is 161 g/mol. The Bertz CT molecular complexity index is 204. The SMILES string of the molecule is Cc1ccc(F)cn1.NNC=O. The van der Waals surface area contributed by atoms with Gasteiger partial charge in [0, 0.05) is 5.69 Å². The van der Waals surface area contributed by atoms with Gasteiger partial charge in [0.05, 0.1) is 6.20 Å². The van der Waals surface area contributed by atoms with E-state index >= 15 is 0 Å². The lowest BCUT2D eigenvalue weighted by molar-refractivity contribution is -0.109. The van der Waals surface area contributed by atoms with E-state index in [-0.39, 0.29) is 5.82 Å². The molecule has 0 fully saturated rings. The van der Waals surface area contributed by atoms with Gasteiger partial charge in [-0.15, -0.1) is 0 Å². The lowest BCUT2D eigenvalue weighted by Gasteiger charge is -1.86. The van der Waals surface area contributed by atoms with Crippen LogP contribution >= 0.6 is 0 Å². The third-order valence-corrected chi connectivity index (χ3v) is 0.943. The summed E-state index contributed by atoms with van der Waals surface area (Å²) in [5, 5.41) is 0. The molecule has 0 radical (unpaired) electrons. The van der Waals surface area contributed by atoms with E-state index in [1.807, 2.05) is 6.92 Å². The first-order chi connectivity index (χ1) is 5.70. The van der Waals surface area contributed by atoms with Crippen LogP contribution in [-0.2, 0) is 4.79 Å². The first-order valence-electron chi connectivity index (χ1n) is 3.18. The molecule has 5 heteroatoms. The minimum absolute atomic E-state index is 0.282. The summed E-state index contributed by atoms with van der Waals surface area (Å²) < 4.78 is 12.0. The lowest BCUT2D eigenvalue weighted by Crippen LogP contribution is -2.18. The summed E-state index contributed by atoms with van der Waals surface area (Å²) in [6, 6.07) is 3.03. The number of aryl methyl sites for hydroxylation is 1. The fraction of sp³-hybridized carbons (Fsp3) is 0.143. The second kappa shape index (κ2) is 6.23. The molecule has 0 saturated heterocycles. The van der Waals surface area contributed by atoms with Crippen LogP contribution in [0.1, 0.15) is 5.69 Å². The number of carbonyl (C=O) groups is 1. The fourth-order valence-corrected chi connectivity index (χ4v) is 0.450. The topological polar surface area (TPSA) is 68.0 Å². The third kappa shape index (κ3) is 5.31. The lowest BCUT2D eigenvalue weighted by atomic mass is 10.4. The van der Waals surface area contributed by atoms with E-state index < -0.39 is 0 Å². The monoisotopic (exact) mass is 171 g/mol. The fourth-order valence-electron chi connectivity index (χ4n) is 0.450. The number of rotatable bonds is 1. The van der Waals surface area contributed by atoms with Crippen molar-refractivity contribution in [2.75, 3.05) is 0 Å². The zero-order valence-electron chi connectivity index (χ0n) is 6.62. The normalized spacial score (nSPS) is 7.92. The Balaban J connectivity index is 0.000000261. The van der Waals surface area contributed by atoms with Gasteiger partial charge < -0.3 is 0 Å². The zero-order chi connectivity index (χ0) is 9.40. The number of carbonyl (C=O) groups excluding carboxylic acids is 1. The van der Waals surface area contributed by atoms with E-state index in [0.717, 1.165) is 5.69 Å². The standard InChI is InChI=1S/C6H6FN.CH4N2O/c1-5-2-3-6(7)4-8-5;2-3-1-4/h2-4H,1H3;1H,2H2,(H,3,4). The summed E-state index contributed by atoms with van der Waals surface area (Å²) >= 11 is 0. The van der Waals surface area contributed by atoms with Crippen molar-refractivity contribution >= 4 is 6.41 Å². The van der Waals surface area contributed by atoms with E-state index in [4.69, 9.17) is 4.79 Å². The summed E-state index contributed by atoms with van der Waals surface area (Å²) in [6.07, 6.45) is 1.61. The van der Waals surface area contributed by atoms with Crippen LogP contribution in [0.4, 0.5) is 4.39 Å². The predicted octanol–water partition coefficient (Wildman–Crippen LogP) is 0.135. The molecule has 4 nitrogen and oxygen atoms in total. The number of hydrazine groups is 1. The predicted molar refractivity (Wildman–Crippen MR) is 42.3 cm³/mol. The largest absolute Gasteiger partial charge is 0.297 e. The molecule has 0 aromatic carbocycles. The molecule has 0 aliphatic heterocycles. The van der Waals surface area contributed by atoms with Crippen LogP contribution in [0.2, 0.25) is 0 Å². The van der Waals surface area contributed by atoms with Crippen molar-refractivity contribution in [3.8, 4) is 0 Å². The Hall–Kier alpha value is -1.49. The molecule has 0 unspecified atom stereocenters. The molecule has 66 valence electrons. The molecule has 0 saturated carbocycles. The molecule has 0 spiro atoms. The highest BCUT2D eigenvalue weighted by Crippen LogP contribution is 1.94. The van der Waals surface area contributed by atoms with Crippen molar-refractivity contribution in [1.82, 2.24) is 10.4 Å². The number of hydrogen-bond acceptors (Lipinski definition) is 3. The number of nitrogens with two attached hydrogens (primary N) is 1. The molecule has 1 rings (SSSR count). The van der Waals surface area contributed by atoms with Gasteiger partial charge in [0.1, 0.15) is 5.82 Å². The van der Waals surface area contributed by atoms with Gasteiger partial charge in [-0.1, -0.05) is 0 Å². The van der Waals surface area contributed by atoms with E-state index in [1.165, 1.54) is 12.3 Å². The average Bonchev–Trinajstić information content (AvgIpc) is 2.11. The Morgan fingerprint density at radius 1 is 1.67 bits per heavy atom. The van der Waals surface area contributed by atoms with Gasteiger partial charge in [-0.05, 0) is 19.1 Å². The summed E-state index contributed by atoms with van der Waals surface area (Å²) in [7, 11) is 0. The second-order valence-corrected chi connectivity index (χ2v) is 1.90. The van der Waals surface area contributed by atoms with Gasteiger partial charge in [0.2, 0.25) is 6.41 Å². The van der Waals surface area contributed by atoms with Crippen LogP contribution in [0.3, 0.4) is 0 Å². The summed E-state index contributed by atoms with van der Waals surface area (Å²) in [5.74, 6) is 4.13. The van der Waals surface area contributed by atoms with Crippen LogP contribution in [0.5, 0.6) is 0 Å².